The number of aliphatic imine (C=N–C) groups is 1. The van der Waals surface area contributed by atoms with E-state index in [2.05, 4.69) is 9.98 Å². The Morgan fingerprint density at radius 3 is 2.60 bits per heavy atom. The van der Waals surface area contributed by atoms with E-state index in [1.54, 1.807) is 30.6 Å². The number of aromatic nitrogens is 1. The fraction of sp³-hybridized carbons (Fsp3) is 0. The fourth-order valence-corrected chi connectivity index (χ4v) is 1.16. The molecule has 0 saturated heterocycles. The molecule has 3 nitrogen and oxygen atoms in total. The molecular weight excluding hydrogens is 188 g/mol. The molecule has 0 spiro atoms. The summed E-state index contributed by atoms with van der Waals surface area (Å²) in [6.07, 6.45) is 3.32. The summed E-state index contributed by atoms with van der Waals surface area (Å²) in [6.45, 7) is 0. The number of nitrogens with zero attached hydrogens (tertiary/aromatic N) is 2. The summed E-state index contributed by atoms with van der Waals surface area (Å²) in [5.41, 5.74) is 1.31. The molecule has 74 valence electrons. The second kappa shape index (κ2) is 4.37. The second-order valence-corrected chi connectivity index (χ2v) is 3.00. The lowest BCUT2D eigenvalue weighted by atomic mass is 10.3. The van der Waals surface area contributed by atoms with Gasteiger partial charge in [0.25, 0.3) is 0 Å². The van der Waals surface area contributed by atoms with Gasteiger partial charge in [0.1, 0.15) is 11.4 Å². The monoisotopic (exact) mass is 198 g/mol. The zero-order valence-corrected chi connectivity index (χ0v) is 8.04. The molecule has 0 aliphatic heterocycles. The number of aromatic hydroxyl groups is 1. The summed E-state index contributed by atoms with van der Waals surface area (Å²) in [6, 6.07) is 12.5. The fourth-order valence-electron chi connectivity index (χ4n) is 1.16. The molecular formula is C12H10N2O. The first-order valence-corrected chi connectivity index (χ1v) is 4.59. The molecule has 1 heterocycles. The van der Waals surface area contributed by atoms with Crippen LogP contribution in [0.4, 0.5) is 5.69 Å². The Morgan fingerprint density at radius 2 is 1.87 bits per heavy atom. The van der Waals surface area contributed by atoms with Gasteiger partial charge in [0, 0.05) is 6.20 Å². The van der Waals surface area contributed by atoms with E-state index in [0.717, 1.165) is 5.69 Å². The minimum atomic E-state index is 0.171. The summed E-state index contributed by atoms with van der Waals surface area (Å²) < 4.78 is 0. The van der Waals surface area contributed by atoms with Crippen molar-refractivity contribution in [1.29, 1.82) is 0 Å². The highest BCUT2D eigenvalue weighted by molar-refractivity contribution is 5.80. The van der Waals surface area contributed by atoms with E-state index < -0.39 is 0 Å². The maximum atomic E-state index is 9.45. The third kappa shape index (κ3) is 2.40. The topological polar surface area (TPSA) is 45.5 Å². The third-order valence-electron chi connectivity index (χ3n) is 1.91. The van der Waals surface area contributed by atoms with Crippen LogP contribution in [0.3, 0.4) is 0 Å². The van der Waals surface area contributed by atoms with E-state index in [1.807, 2.05) is 24.3 Å². The van der Waals surface area contributed by atoms with Gasteiger partial charge in [-0.15, -0.1) is 0 Å². The molecule has 0 aliphatic carbocycles. The summed E-state index contributed by atoms with van der Waals surface area (Å²) in [5.74, 6) is 0.171. The molecule has 2 rings (SSSR count). The Hall–Kier alpha value is -2.16. The molecule has 3 heteroatoms. The van der Waals surface area contributed by atoms with E-state index in [4.69, 9.17) is 0 Å². The Morgan fingerprint density at radius 1 is 1.07 bits per heavy atom. The van der Waals surface area contributed by atoms with E-state index in [1.165, 1.54) is 0 Å². The van der Waals surface area contributed by atoms with E-state index >= 15 is 0 Å². The molecule has 1 aromatic heterocycles. The number of rotatable bonds is 2. The number of phenols is 1. The highest BCUT2D eigenvalue weighted by Gasteiger charge is 1.94. The average molecular weight is 198 g/mol. The zero-order chi connectivity index (χ0) is 10.5. The van der Waals surface area contributed by atoms with Crippen molar-refractivity contribution >= 4 is 11.9 Å². The number of hydrogen-bond acceptors (Lipinski definition) is 3. The molecule has 1 N–H and O–H groups in total. The number of pyridine rings is 1. The molecule has 0 unspecified atom stereocenters. The summed E-state index contributed by atoms with van der Waals surface area (Å²) >= 11 is 0. The van der Waals surface area contributed by atoms with Crippen LogP contribution in [0.25, 0.3) is 0 Å². The lowest BCUT2D eigenvalue weighted by Gasteiger charge is -1.96. The minimum absolute atomic E-state index is 0.171. The van der Waals surface area contributed by atoms with Gasteiger partial charge in [-0.1, -0.05) is 18.2 Å². The van der Waals surface area contributed by atoms with Crippen molar-refractivity contribution in [2.45, 2.75) is 0 Å². The van der Waals surface area contributed by atoms with Crippen LogP contribution in [0.2, 0.25) is 0 Å². The first-order chi connectivity index (χ1) is 7.36. The summed E-state index contributed by atoms with van der Waals surface area (Å²) in [5, 5.41) is 9.45. The number of benzene rings is 1. The van der Waals surface area contributed by atoms with Gasteiger partial charge < -0.3 is 5.11 Å². The highest BCUT2D eigenvalue weighted by Crippen LogP contribution is 2.24. The molecule has 0 bridgehead atoms. The highest BCUT2D eigenvalue weighted by atomic mass is 16.3. The molecule has 0 amide bonds. The smallest absolute Gasteiger partial charge is 0.141 e. The number of hydrogen-bond donors (Lipinski definition) is 1. The first-order valence-electron chi connectivity index (χ1n) is 4.59. The largest absolute Gasteiger partial charge is 0.506 e. The van der Waals surface area contributed by atoms with E-state index in [9.17, 15) is 5.11 Å². The normalized spacial score (nSPS) is 10.7. The van der Waals surface area contributed by atoms with Crippen LogP contribution in [0.5, 0.6) is 5.75 Å². The molecule has 2 aromatic rings. The number of para-hydroxylation sites is 2. The molecule has 15 heavy (non-hydrogen) atoms. The van der Waals surface area contributed by atoms with Crippen molar-refractivity contribution in [2.24, 2.45) is 4.99 Å². The van der Waals surface area contributed by atoms with Gasteiger partial charge >= 0.3 is 0 Å². The van der Waals surface area contributed by atoms with Crippen molar-refractivity contribution in [3.63, 3.8) is 0 Å². The molecule has 0 atom stereocenters. The van der Waals surface area contributed by atoms with E-state index in [0.29, 0.717) is 5.69 Å². The number of phenolic OH excluding ortho intramolecular Hbond substituents is 1. The van der Waals surface area contributed by atoms with Gasteiger partial charge in [-0.05, 0) is 24.3 Å². The van der Waals surface area contributed by atoms with E-state index in [-0.39, 0.29) is 5.75 Å². The summed E-state index contributed by atoms with van der Waals surface area (Å²) in [4.78, 5) is 8.23. The third-order valence-corrected chi connectivity index (χ3v) is 1.91. The molecule has 0 fully saturated rings. The molecule has 0 radical (unpaired) electrons. The first kappa shape index (κ1) is 9.40. The molecule has 0 aliphatic rings. The lowest BCUT2D eigenvalue weighted by molar-refractivity contribution is 0.477. The quantitative estimate of drug-likeness (QED) is 0.753. The molecule has 1 aromatic carbocycles. The van der Waals surface area contributed by atoms with Crippen LogP contribution in [-0.2, 0) is 0 Å². The van der Waals surface area contributed by atoms with Crippen LogP contribution >= 0.6 is 0 Å². The van der Waals surface area contributed by atoms with Crippen LogP contribution in [0.15, 0.2) is 53.7 Å². The van der Waals surface area contributed by atoms with Gasteiger partial charge in [-0.25, -0.2) is 0 Å². The SMILES string of the molecule is Oc1ccccc1/N=C/c1ccccn1. The van der Waals surface area contributed by atoms with Gasteiger partial charge in [0.15, 0.2) is 0 Å². The Labute approximate surface area is 87.8 Å². The van der Waals surface area contributed by atoms with Crippen molar-refractivity contribution < 1.29 is 5.11 Å². The van der Waals surface area contributed by atoms with Crippen molar-refractivity contribution in [2.75, 3.05) is 0 Å². The van der Waals surface area contributed by atoms with Crippen LogP contribution in [0.1, 0.15) is 5.69 Å². The maximum Gasteiger partial charge on any atom is 0.141 e. The average Bonchev–Trinajstić information content (AvgIpc) is 2.29. The van der Waals surface area contributed by atoms with Crippen LogP contribution in [0, 0.1) is 0 Å². The minimum Gasteiger partial charge on any atom is -0.506 e. The van der Waals surface area contributed by atoms with Crippen LogP contribution < -0.4 is 0 Å². The second-order valence-electron chi connectivity index (χ2n) is 3.00. The summed E-state index contributed by atoms with van der Waals surface area (Å²) in [7, 11) is 0. The standard InChI is InChI=1S/C12H10N2O/c15-12-7-2-1-6-11(12)14-9-10-5-3-4-8-13-10/h1-9,15H/b14-9+. The van der Waals surface area contributed by atoms with Gasteiger partial charge in [-0.2, -0.15) is 0 Å². The Balaban J connectivity index is 2.23. The predicted octanol–water partition coefficient (Wildman–Crippen LogP) is 2.54. The zero-order valence-electron chi connectivity index (χ0n) is 8.04. The van der Waals surface area contributed by atoms with Gasteiger partial charge in [0.2, 0.25) is 0 Å². The van der Waals surface area contributed by atoms with Gasteiger partial charge in [0.05, 0.1) is 11.9 Å². The lowest BCUT2D eigenvalue weighted by Crippen LogP contribution is -1.83. The Bertz CT molecular complexity index is 466. The van der Waals surface area contributed by atoms with Crippen molar-refractivity contribution in [3.05, 3.63) is 54.4 Å². The maximum absolute atomic E-state index is 9.45. The van der Waals surface area contributed by atoms with Crippen molar-refractivity contribution in [3.8, 4) is 5.75 Å². The van der Waals surface area contributed by atoms with Gasteiger partial charge in [-0.3, -0.25) is 9.98 Å². The Kier molecular flexibility index (Phi) is 2.74. The van der Waals surface area contributed by atoms with Crippen LogP contribution in [-0.4, -0.2) is 16.3 Å². The van der Waals surface area contributed by atoms with Crippen molar-refractivity contribution in [1.82, 2.24) is 4.98 Å². The molecule has 0 saturated carbocycles. The predicted molar refractivity (Wildman–Crippen MR) is 59.6 cm³/mol.